The van der Waals surface area contributed by atoms with Crippen molar-refractivity contribution in [1.29, 1.82) is 0 Å². The molecule has 1 heterocycles. The maximum atomic E-state index is 13.1. The van der Waals surface area contributed by atoms with Crippen molar-refractivity contribution in [1.82, 2.24) is 9.55 Å². The minimum Gasteiger partial charge on any atom is -0.497 e. The molecule has 0 aliphatic carbocycles. The molecule has 0 bridgehead atoms. The monoisotopic (exact) mass is 451 g/mol. The van der Waals surface area contributed by atoms with Crippen LogP contribution in [-0.4, -0.2) is 34.3 Å². The number of hydrogen-bond donors (Lipinski definition) is 2. The van der Waals surface area contributed by atoms with Gasteiger partial charge in [0.25, 0.3) is 5.56 Å². The molecule has 0 spiro atoms. The number of benzene rings is 2. The Morgan fingerprint density at radius 1 is 1.06 bits per heavy atom. The molecule has 1 aromatic heterocycles. The molecule has 0 radical (unpaired) electrons. The van der Waals surface area contributed by atoms with Gasteiger partial charge in [0.05, 0.1) is 7.11 Å². The van der Waals surface area contributed by atoms with E-state index in [1.165, 1.54) is 4.57 Å². The maximum Gasteiger partial charge on any atom is 0.257 e. The highest BCUT2D eigenvalue weighted by atomic mass is 16.5. The van der Waals surface area contributed by atoms with Crippen LogP contribution >= 0.6 is 0 Å². The van der Waals surface area contributed by atoms with Crippen LogP contribution in [-0.2, 0) is 24.4 Å². The van der Waals surface area contributed by atoms with Crippen LogP contribution in [0.5, 0.6) is 11.5 Å². The topological polar surface area (TPSA) is 103 Å². The summed E-state index contributed by atoms with van der Waals surface area (Å²) < 4.78 is 12.3. The number of anilines is 1. The molecule has 2 N–H and O–H groups in total. The SMILES string of the molecule is COc1ccc(OCc2nc(C)c(CCO)c(=O)n2CC(=O)Nc2ccc(C)c(C)c2)cc1. The van der Waals surface area contributed by atoms with Crippen molar-refractivity contribution in [2.24, 2.45) is 0 Å². The van der Waals surface area contributed by atoms with E-state index in [0.29, 0.717) is 34.3 Å². The number of carbonyl (C=O) groups is 1. The van der Waals surface area contributed by atoms with Crippen LogP contribution in [0.2, 0.25) is 0 Å². The van der Waals surface area contributed by atoms with Crippen molar-refractivity contribution < 1.29 is 19.4 Å². The van der Waals surface area contributed by atoms with Gasteiger partial charge in [0, 0.05) is 30.0 Å². The van der Waals surface area contributed by atoms with E-state index in [-0.39, 0.29) is 37.6 Å². The first kappa shape index (κ1) is 24.0. The molecule has 0 saturated heterocycles. The number of aryl methyl sites for hydroxylation is 3. The Hall–Kier alpha value is -3.65. The van der Waals surface area contributed by atoms with Crippen LogP contribution in [0.4, 0.5) is 5.69 Å². The van der Waals surface area contributed by atoms with Gasteiger partial charge in [-0.05, 0) is 68.3 Å². The summed E-state index contributed by atoms with van der Waals surface area (Å²) in [5, 5.41) is 12.2. The van der Waals surface area contributed by atoms with E-state index in [9.17, 15) is 14.7 Å². The average molecular weight is 452 g/mol. The molecule has 0 aliphatic rings. The Labute approximate surface area is 192 Å². The number of nitrogens with zero attached hydrogens (tertiary/aromatic N) is 2. The predicted molar refractivity (Wildman–Crippen MR) is 126 cm³/mol. The summed E-state index contributed by atoms with van der Waals surface area (Å²) in [5.74, 6) is 1.25. The molecule has 1 amide bonds. The Bertz CT molecular complexity index is 1190. The number of aliphatic hydroxyl groups is 1. The molecule has 0 fully saturated rings. The molecule has 0 saturated carbocycles. The molecule has 33 heavy (non-hydrogen) atoms. The summed E-state index contributed by atoms with van der Waals surface area (Å²) in [4.78, 5) is 30.4. The van der Waals surface area contributed by atoms with Gasteiger partial charge in [-0.25, -0.2) is 4.98 Å². The Balaban J connectivity index is 1.86. The zero-order valence-corrected chi connectivity index (χ0v) is 19.3. The average Bonchev–Trinajstić information content (AvgIpc) is 2.80. The molecule has 0 unspecified atom stereocenters. The summed E-state index contributed by atoms with van der Waals surface area (Å²) in [6.07, 6.45) is 0.163. The quantitative estimate of drug-likeness (QED) is 0.519. The number of amides is 1. The van der Waals surface area contributed by atoms with Gasteiger partial charge in [0.15, 0.2) is 0 Å². The van der Waals surface area contributed by atoms with Crippen LogP contribution in [0.1, 0.15) is 28.2 Å². The van der Waals surface area contributed by atoms with Crippen molar-refractivity contribution in [3.8, 4) is 11.5 Å². The van der Waals surface area contributed by atoms with Gasteiger partial charge in [-0.1, -0.05) is 6.07 Å². The standard InChI is InChI=1S/C25H29N3O5/c1-16-5-6-19(13-17(16)2)27-24(30)14-28-23(26-18(3)22(11-12-29)25(28)31)15-33-21-9-7-20(32-4)8-10-21/h5-10,13,29H,11-12,14-15H2,1-4H3,(H,27,30). The number of nitrogens with one attached hydrogen (secondary N) is 1. The third-order valence-electron chi connectivity index (χ3n) is 5.43. The smallest absolute Gasteiger partial charge is 0.257 e. The number of aromatic nitrogens is 2. The Kier molecular flexibility index (Phi) is 7.84. The summed E-state index contributed by atoms with van der Waals surface area (Å²) in [5.41, 5.74) is 3.36. The Morgan fingerprint density at radius 2 is 1.76 bits per heavy atom. The minimum atomic E-state index is -0.361. The second-order valence-corrected chi connectivity index (χ2v) is 7.77. The van der Waals surface area contributed by atoms with Gasteiger partial charge >= 0.3 is 0 Å². The summed E-state index contributed by atoms with van der Waals surface area (Å²) in [7, 11) is 1.58. The zero-order valence-electron chi connectivity index (χ0n) is 19.3. The second-order valence-electron chi connectivity index (χ2n) is 7.77. The minimum absolute atomic E-state index is 0.00126. The lowest BCUT2D eigenvalue weighted by atomic mass is 10.1. The molecular weight excluding hydrogens is 422 g/mol. The maximum absolute atomic E-state index is 13.1. The van der Waals surface area contributed by atoms with E-state index in [1.807, 2.05) is 32.0 Å². The fraction of sp³-hybridized carbons (Fsp3) is 0.320. The molecule has 3 rings (SSSR count). The number of methoxy groups -OCH3 is 1. The van der Waals surface area contributed by atoms with Crippen LogP contribution in [0, 0.1) is 20.8 Å². The first-order chi connectivity index (χ1) is 15.8. The summed E-state index contributed by atoms with van der Waals surface area (Å²) >= 11 is 0. The lowest BCUT2D eigenvalue weighted by Crippen LogP contribution is -2.34. The number of hydrogen-bond acceptors (Lipinski definition) is 6. The molecule has 0 atom stereocenters. The highest BCUT2D eigenvalue weighted by Crippen LogP contribution is 2.18. The van der Waals surface area contributed by atoms with Gasteiger partial charge in [0.2, 0.25) is 5.91 Å². The van der Waals surface area contributed by atoms with Crippen LogP contribution < -0.4 is 20.3 Å². The summed E-state index contributed by atoms with van der Waals surface area (Å²) in [6, 6.07) is 12.7. The van der Waals surface area contributed by atoms with E-state index in [0.717, 1.165) is 11.1 Å². The van der Waals surface area contributed by atoms with Crippen molar-refractivity contribution in [2.75, 3.05) is 19.0 Å². The van der Waals surface area contributed by atoms with Gasteiger partial charge in [-0.2, -0.15) is 0 Å². The van der Waals surface area contributed by atoms with Crippen LogP contribution in [0.25, 0.3) is 0 Å². The van der Waals surface area contributed by atoms with Gasteiger partial charge in [0.1, 0.15) is 30.5 Å². The van der Waals surface area contributed by atoms with Crippen LogP contribution in [0.3, 0.4) is 0 Å². The van der Waals surface area contributed by atoms with Crippen LogP contribution in [0.15, 0.2) is 47.3 Å². The third kappa shape index (κ3) is 5.98. The van der Waals surface area contributed by atoms with Gasteiger partial charge < -0.3 is 19.9 Å². The molecule has 3 aromatic rings. The van der Waals surface area contributed by atoms with Gasteiger partial charge in [-0.15, -0.1) is 0 Å². The normalized spacial score (nSPS) is 10.7. The van der Waals surface area contributed by atoms with Crippen molar-refractivity contribution >= 4 is 11.6 Å². The fourth-order valence-electron chi connectivity index (χ4n) is 3.41. The summed E-state index contributed by atoms with van der Waals surface area (Å²) in [6.45, 7) is 5.26. The van der Waals surface area contributed by atoms with Crippen molar-refractivity contribution in [2.45, 2.75) is 40.3 Å². The van der Waals surface area contributed by atoms with E-state index >= 15 is 0 Å². The molecule has 0 aliphatic heterocycles. The zero-order chi connectivity index (χ0) is 24.0. The third-order valence-corrected chi connectivity index (χ3v) is 5.43. The highest BCUT2D eigenvalue weighted by molar-refractivity contribution is 5.90. The number of aliphatic hydroxyl groups excluding tert-OH is 1. The molecular formula is C25H29N3O5. The lowest BCUT2D eigenvalue weighted by molar-refractivity contribution is -0.116. The van der Waals surface area contributed by atoms with E-state index in [2.05, 4.69) is 10.3 Å². The van der Waals surface area contributed by atoms with Gasteiger partial charge in [-0.3, -0.25) is 14.2 Å². The highest BCUT2D eigenvalue weighted by Gasteiger charge is 2.17. The first-order valence-corrected chi connectivity index (χ1v) is 10.7. The van der Waals surface area contributed by atoms with Crippen molar-refractivity contribution in [3.63, 3.8) is 0 Å². The predicted octanol–water partition coefficient (Wildman–Crippen LogP) is 2.93. The number of rotatable bonds is 9. The second kappa shape index (κ2) is 10.8. The van der Waals surface area contributed by atoms with E-state index < -0.39 is 0 Å². The van der Waals surface area contributed by atoms with E-state index in [4.69, 9.17) is 9.47 Å². The molecule has 8 heteroatoms. The Morgan fingerprint density at radius 3 is 2.39 bits per heavy atom. The number of ether oxygens (including phenoxy) is 2. The largest absolute Gasteiger partial charge is 0.497 e. The van der Waals surface area contributed by atoms with Crippen molar-refractivity contribution in [3.05, 3.63) is 81.0 Å². The molecule has 2 aromatic carbocycles. The number of carbonyl (C=O) groups excluding carboxylic acids is 1. The molecule has 174 valence electrons. The van der Waals surface area contributed by atoms with E-state index in [1.54, 1.807) is 38.3 Å². The lowest BCUT2D eigenvalue weighted by Gasteiger charge is -2.16. The first-order valence-electron chi connectivity index (χ1n) is 10.7. The fourth-order valence-corrected chi connectivity index (χ4v) is 3.41. The molecule has 8 nitrogen and oxygen atoms in total.